The molecule has 0 saturated carbocycles. The molecular weight excluding hydrogens is 338 g/mol. The zero-order valence-electron chi connectivity index (χ0n) is 14.5. The average Bonchev–Trinajstić information content (AvgIpc) is 2.51. The Morgan fingerprint density at radius 2 is 2.00 bits per heavy atom. The third kappa shape index (κ3) is 7.93. The van der Waals surface area contributed by atoms with Gasteiger partial charge in [-0.05, 0) is 18.6 Å². The maximum Gasteiger partial charge on any atom is 0.285 e. The molecule has 0 radical (unpaired) electrons. The highest BCUT2D eigenvalue weighted by molar-refractivity contribution is 5.85. The lowest BCUT2D eigenvalue weighted by atomic mass is 10.1. The van der Waals surface area contributed by atoms with Crippen molar-refractivity contribution in [3.63, 3.8) is 0 Å². The number of rotatable bonds is 10. The molecule has 1 rings (SSSR count). The number of carbonyl (C=O) groups is 1. The zero-order chi connectivity index (χ0) is 17.3. The number of halogens is 3. The van der Waals surface area contributed by atoms with Gasteiger partial charge in [-0.2, -0.15) is 8.78 Å². The van der Waals surface area contributed by atoms with Crippen molar-refractivity contribution in [3.8, 4) is 5.75 Å². The number of hydrogen-bond donors (Lipinski definition) is 1. The first-order valence-electron chi connectivity index (χ1n) is 7.89. The van der Waals surface area contributed by atoms with Crippen LogP contribution in [0.2, 0.25) is 0 Å². The van der Waals surface area contributed by atoms with Gasteiger partial charge in [0.1, 0.15) is 5.75 Å². The number of ether oxygens (including phenoxy) is 1. The van der Waals surface area contributed by atoms with E-state index in [0.717, 1.165) is 19.3 Å². The van der Waals surface area contributed by atoms with Gasteiger partial charge in [-0.25, -0.2) is 0 Å². The molecule has 0 unspecified atom stereocenters. The van der Waals surface area contributed by atoms with Crippen molar-refractivity contribution in [2.45, 2.75) is 32.1 Å². The van der Waals surface area contributed by atoms with E-state index in [1.165, 1.54) is 17.0 Å². The highest BCUT2D eigenvalue weighted by Gasteiger charge is 2.31. The number of alkyl halides is 2. The molecule has 0 aromatic heterocycles. The average molecular weight is 365 g/mol. The van der Waals surface area contributed by atoms with Gasteiger partial charge in [0.25, 0.3) is 5.92 Å². The van der Waals surface area contributed by atoms with Crippen molar-refractivity contribution in [3.05, 3.63) is 29.8 Å². The van der Waals surface area contributed by atoms with Gasteiger partial charge in [-0.15, -0.1) is 12.4 Å². The molecule has 0 fully saturated rings. The maximum absolute atomic E-state index is 14.2. The van der Waals surface area contributed by atoms with E-state index in [0.29, 0.717) is 12.4 Å². The van der Waals surface area contributed by atoms with Crippen LogP contribution in [-0.4, -0.2) is 44.6 Å². The number of nitrogens with one attached hydrogen (secondary N) is 1. The topological polar surface area (TPSA) is 41.6 Å². The lowest BCUT2D eigenvalue weighted by Crippen LogP contribution is -2.38. The largest absolute Gasteiger partial charge is 0.494 e. The quantitative estimate of drug-likeness (QED) is 0.646. The van der Waals surface area contributed by atoms with E-state index < -0.39 is 12.5 Å². The molecule has 0 heterocycles. The number of carbonyl (C=O) groups excluding carboxylic acids is 1. The smallest absolute Gasteiger partial charge is 0.285 e. The minimum atomic E-state index is -3.06. The van der Waals surface area contributed by atoms with Gasteiger partial charge < -0.3 is 15.0 Å². The fourth-order valence-electron chi connectivity index (χ4n) is 1.94. The summed E-state index contributed by atoms with van der Waals surface area (Å²) in [5, 5.41) is 2.50. The maximum atomic E-state index is 14.2. The molecule has 0 bridgehead atoms. The van der Waals surface area contributed by atoms with Crippen molar-refractivity contribution in [1.82, 2.24) is 10.2 Å². The Kier molecular flexibility index (Phi) is 10.6. The summed E-state index contributed by atoms with van der Waals surface area (Å²) < 4.78 is 33.9. The van der Waals surface area contributed by atoms with Crippen LogP contribution in [-0.2, 0) is 10.7 Å². The first-order chi connectivity index (χ1) is 10.9. The molecule has 0 aliphatic carbocycles. The molecule has 7 heteroatoms. The predicted molar refractivity (Wildman–Crippen MR) is 94.2 cm³/mol. The molecule has 0 saturated heterocycles. The number of unbranched alkanes of at least 4 members (excludes halogenated alkanes) is 2. The van der Waals surface area contributed by atoms with Crippen LogP contribution in [0, 0.1) is 0 Å². The van der Waals surface area contributed by atoms with E-state index in [2.05, 4.69) is 12.2 Å². The predicted octanol–water partition coefficient (Wildman–Crippen LogP) is 3.45. The number of amides is 1. The second-order valence-corrected chi connectivity index (χ2v) is 5.68. The lowest BCUT2D eigenvalue weighted by molar-refractivity contribution is -0.128. The van der Waals surface area contributed by atoms with Crippen LogP contribution >= 0.6 is 12.4 Å². The molecule has 0 aliphatic heterocycles. The molecule has 1 aromatic rings. The highest BCUT2D eigenvalue weighted by Crippen LogP contribution is 2.29. The molecule has 0 atom stereocenters. The van der Waals surface area contributed by atoms with E-state index in [1.54, 1.807) is 26.2 Å². The SMILES string of the molecule is CCCCCOc1cccc(C(F)(F)CNCC(=O)N(C)C)c1.Cl. The number of hydrogen-bond acceptors (Lipinski definition) is 3. The Balaban J connectivity index is 0.00000529. The third-order valence-electron chi connectivity index (χ3n) is 3.40. The molecule has 1 N–H and O–H groups in total. The van der Waals surface area contributed by atoms with Crippen LogP contribution in [0.15, 0.2) is 24.3 Å². The van der Waals surface area contributed by atoms with Crippen molar-refractivity contribution in [2.75, 3.05) is 33.8 Å². The molecule has 138 valence electrons. The van der Waals surface area contributed by atoms with Crippen LogP contribution in [0.3, 0.4) is 0 Å². The first kappa shape index (κ1) is 22.6. The van der Waals surface area contributed by atoms with Gasteiger partial charge in [-0.1, -0.05) is 31.9 Å². The molecule has 24 heavy (non-hydrogen) atoms. The van der Waals surface area contributed by atoms with E-state index in [9.17, 15) is 13.6 Å². The molecule has 0 spiro atoms. The third-order valence-corrected chi connectivity index (χ3v) is 3.40. The summed E-state index contributed by atoms with van der Waals surface area (Å²) >= 11 is 0. The monoisotopic (exact) mass is 364 g/mol. The summed E-state index contributed by atoms with van der Waals surface area (Å²) in [7, 11) is 3.17. The van der Waals surface area contributed by atoms with E-state index in [1.807, 2.05) is 0 Å². The number of benzene rings is 1. The summed E-state index contributed by atoms with van der Waals surface area (Å²) in [4.78, 5) is 12.7. The Bertz CT molecular complexity index is 499. The van der Waals surface area contributed by atoms with Gasteiger partial charge in [0.2, 0.25) is 5.91 Å². The first-order valence-corrected chi connectivity index (χ1v) is 7.89. The Hall–Kier alpha value is -1.40. The van der Waals surface area contributed by atoms with Crippen LogP contribution in [0.5, 0.6) is 5.75 Å². The van der Waals surface area contributed by atoms with Crippen molar-refractivity contribution < 1.29 is 18.3 Å². The van der Waals surface area contributed by atoms with Crippen molar-refractivity contribution in [1.29, 1.82) is 0 Å². The fraction of sp³-hybridized carbons (Fsp3) is 0.588. The lowest BCUT2D eigenvalue weighted by Gasteiger charge is -2.19. The van der Waals surface area contributed by atoms with Crippen LogP contribution in [0.4, 0.5) is 8.78 Å². The van der Waals surface area contributed by atoms with Gasteiger partial charge in [-0.3, -0.25) is 4.79 Å². The number of likely N-dealkylation sites (N-methyl/N-ethyl adjacent to an activating group) is 1. The molecule has 4 nitrogen and oxygen atoms in total. The van der Waals surface area contributed by atoms with E-state index in [-0.39, 0.29) is 30.4 Å². The second-order valence-electron chi connectivity index (χ2n) is 5.68. The zero-order valence-corrected chi connectivity index (χ0v) is 15.3. The molecule has 0 aliphatic rings. The molecular formula is C17H27ClF2N2O2. The minimum Gasteiger partial charge on any atom is -0.494 e. The van der Waals surface area contributed by atoms with Crippen LogP contribution in [0.1, 0.15) is 31.7 Å². The highest BCUT2D eigenvalue weighted by atomic mass is 35.5. The normalized spacial score (nSPS) is 10.9. The van der Waals surface area contributed by atoms with E-state index >= 15 is 0 Å². The van der Waals surface area contributed by atoms with Crippen molar-refractivity contribution in [2.24, 2.45) is 0 Å². The Labute approximate surface area is 149 Å². The molecule has 1 amide bonds. The summed E-state index contributed by atoms with van der Waals surface area (Å²) in [5.74, 6) is -2.86. The molecule has 1 aromatic carbocycles. The summed E-state index contributed by atoms with van der Waals surface area (Å²) in [6, 6.07) is 5.97. The van der Waals surface area contributed by atoms with Crippen LogP contribution < -0.4 is 10.1 Å². The minimum absolute atomic E-state index is 0. The summed E-state index contributed by atoms with van der Waals surface area (Å²) in [5.41, 5.74) is -0.115. The van der Waals surface area contributed by atoms with Gasteiger partial charge >= 0.3 is 0 Å². The van der Waals surface area contributed by atoms with Gasteiger partial charge in [0.15, 0.2) is 0 Å². The standard InChI is InChI=1S/C17H26F2N2O2.ClH/c1-4-5-6-10-23-15-9-7-8-14(11-15)17(18,19)13-20-12-16(22)21(2)3;/h7-9,11,20H,4-6,10,12-13H2,1-3H3;1H. The Morgan fingerprint density at radius 3 is 2.62 bits per heavy atom. The fourth-order valence-corrected chi connectivity index (χ4v) is 1.94. The summed E-state index contributed by atoms with van der Waals surface area (Å²) in [6.45, 7) is 1.91. The van der Waals surface area contributed by atoms with Crippen molar-refractivity contribution >= 4 is 18.3 Å². The number of nitrogens with zero attached hydrogens (tertiary/aromatic N) is 1. The summed E-state index contributed by atoms with van der Waals surface area (Å²) in [6.07, 6.45) is 3.05. The second kappa shape index (κ2) is 11.2. The Morgan fingerprint density at radius 1 is 1.29 bits per heavy atom. The van der Waals surface area contributed by atoms with Crippen LogP contribution in [0.25, 0.3) is 0 Å². The van der Waals surface area contributed by atoms with Gasteiger partial charge in [0, 0.05) is 19.7 Å². The van der Waals surface area contributed by atoms with E-state index in [4.69, 9.17) is 4.74 Å². The van der Waals surface area contributed by atoms with Gasteiger partial charge in [0.05, 0.1) is 19.7 Å².